The average molecular weight is 185 g/mol. The van der Waals surface area contributed by atoms with Crippen molar-refractivity contribution < 1.29 is 9.90 Å². The van der Waals surface area contributed by atoms with E-state index < -0.39 is 12.5 Å². The van der Waals surface area contributed by atoms with Crippen molar-refractivity contribution in [2.75, 3.05) is 6.61 Å². The van der Waals surface area contributed by atoms with Gasteiger partial charge in [0, 0.05) is 7.05 Å². The Morgan fingerprint density at radius 3 is 2.92 bits per heavy atom. The molecule has 1 amide bonds. The van der Waals surface area contributed by atoms with Crippen molar-refractivity contribution >= 4 is 5.91 Å². The quantitative estimate of drug-likeness (QED) is 0.590. The Balaban J connectivity index is 2.63. The number of carbonyl (C=O) groups excluding carboxylic acids is 1. The maximum atomic E-state index is 10.8. The molecule has 72 valence electrons. The number of rotatable bonds is 3. The molecule has 0 spiro atoms. The van der Waals surface area contributed by atoms with Gasteiger partial charge in [-0.1, -0.05) is 0 Å². The SMILES string of the molecule is CC(NC(=O)CO)c1nnnn1C. The van der Waals surface area contributed by atoms with E-state index >= 15 is 0 Å². The first kappa shape index (κ1) is 9.59. The zero-order chi connectivity index (χ0) is 9.84. The number of tetrazole rings is 1. The lowest BCUT2D eigenvalue weighted by Crippen LogP contribution is -2.30. The molecule has 1 heterocycles. The number of aromatic nitrogens is 4. The molecule has 1 atom stereocenters. The molecule has 0 aliphatic heterocycles. The third-order valence-electron chi connectivity index (χ3n) is 1.56. The van der Waals surface area contributed by atoms with Gasteiger partial charge in [-0.15, -0.1) is 5.10 Å². The Kier molecular flexibility index (Phi) is 2.91. The second-order valence-electron chi connectivity index (χ2n) is 2.61. The standard InChI is InChI=1S/C6H11N5O2/c1-4(7-5(13)3-12)6-8-9-10-11(6)2/h4,12H,3H2,1-2H3,(H,7,13). The van der Waals surface area contributed by atoms with Crippen LogP contribution in [0.1, 0.15) is 18.8 Å². The minimum atomic E-state index is -0.532. The average Bonchev–Trinajstić information content (AvgIpc) is 2.51. The van der Waals surface area contributed by atoms with Crippen LogP contribution in [0.2, 0.25) is 0 Å². The molecule has 1 unspecified atom stereocenters. The van der Waals surface area contributed by atoms with Crippen molar-refractivity contribution in [3.63, 3.8) is 0 Å². The predicted molar refractivity (Wildman–Crippen MR) is 42.4 cm³/mol. The summed E-state index contributed by atoms with van der Waals surface area (Å²) in [6.07, 6.45) is 0. The van der Waals surface area contributed by atoms with Gasteiger partial charge in [0.2, 0.25) is 5.91 Å². The van der Waals surface area contributed by atoms with Gasteiger partial charge in [-0.2, -0.15) is 0 Å². The van der Waals surface area contributed by atoms with Crippen molar-refractivity contribution in [3.05, 3.63) is 5.82 Å². The number of nitrogens with zero attached hydrogens (tertiary/aromatic N) is 4. The lowest BCUT2D eigenvalue weighted by molar-refractivity contribution is -0.124. The summed E-state index contributed by atoms with van der Waals surface area (Å²) in [4.78, 5) is 10.8. The Morgan fingerprint density at radius 1 is 1.77 bits per heavy atom. The molecule has 1 aromatic heterocycles. The maximum absolute atomic E-state index is 10.8. The van der Waals surface area contributed by atoms with Gasteiger partial charge in [0.15, 0.2) is 5.82 Å². The lowest BCUT2D eigenvalue weighted by atomic mass is 10.3. The van der Waals surface area contributed by atoms with E-state index in [4.69, 9.17) is 5.11 Å². The van der Waals surface area contributed by atoms with E-state index in [1.165, 1.54) is 4.68 Å². The highest BCUT2D eigenvalue weighted by molar-refractivity contribution is 5.77. The largest absolute Gasteiger partial charge is 0.387 e. The van der Waals surface area contributed by atoms with Crippen molar-refractivity contribution in [1.82, 2.24) is 25.5 Å². The van der Waals surface area contributed by atoms with E-state index in [1.807, 2.05) is 0 Å². The van der Waals surface area contributed by atoms with Crippen LogP contribution in [0.5, 0.6) is 0 Å². The zero-order valence-corrected chi connectivity index (χ0v) is 7.43. The molecule has 1 rings (SSSR count). The smallest absolute Gasteiger partial charge is 0.246 e. The van der Waals surface area contributed by atoms with Crippen molar-refractivity contribution in [3.8, 4) is 0 Å². The van der Waals surface area contributed by atoms with Crippen LogP contribution in [0.25, 0.3) is 0 Å². The number of nitrogens with one attached hydrogen (secondary N) is 1. The first-order chi connectivity index (χ1) is 6.15. The minimum absolute atomic E-state index is 0.306. The molecule has 7 heteroatoms. The van der Waals surface area contributed by atoms with Gasteiger partial charge in [-0.3, -0.25) is 4.79 Å². The fourth-order valence-corrected chi connectivity index (χ4v) is 0.955. The summed E-state index contributed by atoms with van der Waals surface area (Å²) in [5, 5.41) is 21.7. The van der Waals surface area contributed by atoms with Crippen molar-refractivity contribution in [2.45, 2.75) is 13.0 Å². The number of hydrogen-bond donors (Lipinski definition) is 2. The normalized spacial score (nSPS) is 12.5. The number of aliphatic hydroxyl groups excluding tert-OH is 1. The van der Waals surface area contributed by atoms with E-state index in [2.05, 4.69) is 20.8 Å². The summed E-state index contributed by atoms with van der Waals surface area (Å²) in [6, 6.07) is -0.306. The Morgan fingerprint density at radius 2 is 2.46 bits per heavy atom. The number of aryl methyl sites for hydroxylation is 1. The number of aliphatic hydroxyl groups is 1. The maximum Gasteiger partial charge on any atom is 0.246 e. The van der Waals surface area contributed by atoms with Gasteiger partial charge in [-0.05, 0) is 17.4 Å². The predicted octanol–water partition coefficient (Wildman–Crippen LogP) is -1.62. The van der Waals surface area contributed by atoms with Crippen LogP contribution in [-0.4, -0.2) is 37.8 Å². The van der Waals surface area contributed by atoms with Gasteiger partial charge < -0.3 is 10.4 Å². The number of carbonyl (C=O) groups is 1. The van der Waals surface area contributed by atoms with Crippen LogP contribution in [0, 0.1) is 0 Å². The molecule has 0 bridgehead atoms. The molecule has 0 saturated carbocycles. The number of amides is 1. The summed E-state index contributed by atoms with van der Waals surface area (Å²) in [5.41, 5.74) is 0. The molecule has 0 aliphatic carbocycles. The molecule has 13 heavy (non-hydrogen) atoms. The van der Waals surface area contributed by atoms with Gasteiger partial charge in [0.05, 0.1) is 6.04 Å². The van der Waals surface area contributed by atoms with Gasteiger partial charge in [0.25, 0.3) is 0 Å². The number of hydrogen-bond acceptors (Lipinski definition) is 5. The Hall–Kier alpha value is -1.50. The highest BCUT2D eigenvalue weighted by Gasteiger charge is 2.13. The molecular formula is C6H11N5O2. The summed E-state index contributed by atoms with van der Waals surface area (Å²) >= 11 is 0. The van der Waals surface area contributed by atoms with E-state index in [0.717, 1.165) is 0 Å². The molecule has 1 aromatic rings. The fraction of sp³-hybridized carbons (Fsp3) is 0.667. The van der Waals surface area contributed by atoms with E-state index in [1.54, 1.807) is 14.0 Å². The van der Waals surface area contributed by atoms with Gasteiger partial charge >= 0.3 is 0 Å². The summed E-state index contributed by atoms with van der Waals surface area (Å²) in [6.45, 7) is 1.20. The van der Waals surface area contributed by atoms with Crippen LogP contribution >= 0.6 is 0 Å². The Labute approximate surface area is 74.7 Å². The van der Waals surface area contributed by atoms with Crippen molar-refractivity contribution in [1.29, 1.82) is 0 Å². The minimum Gasteiger partial charge on any atom is -0.387 e. The first-order valence-corrected chi connectivity index (χ1v) is 3.77. The fourth-order valence-electron chi connectivity index (χ4n) is 0.955. The van der Waals surface area contributed by atoms with E-state index in [9.17, 15) is 4.79 Å². The van der Waals surface area contributed by atoms with Crippen LogP contribution in [0.15, 0.2) is 0 Å². The summed E-state index contributed by atoms with van der Waals surface area (Å²) in [5.74, 6) is 0.0947. The third kappa shape index (κ3) is 2.22. The molecule has 2 N–H and O–H groups in total. The molecule has 0 fully saturated rings. The molecule has 7 nitrogen and oxygen atoms in total. The summed E-state index contributed by atoms with van der Waals surface area (Å²) < 4.78 is 1.46. The topological polar surface area (TPSA) is 92.9 Å². The van der Waals surface area contributed by atoms with Crippen LogP contribution in [0.3, 0.4) is 0 Å². The molecule has 0 radical (unpaired) electrons. The van der Waals surface area contributed by atoms with Crippen molar-refractivity contribution in [2.24, 2.45) is 7.05 Å². The van der Waals surface area contributed by atoms with Crippen LogP contribution < -0.4 is 5.32 Å². The summed E-state index contributed by atoms with van der Waals surface area (Å²) in [7, 11) is 1.68. The third-order valence-corrected chi connectivity index (χ3v) is 1.56. The van der Waals surface area contributed by atoms with Gasteiger partial charge in [-0.25, -0.2) is 4.68 Å². The highest BCUT2D eigenvalue weighted by Crippen LogP contribution is 2.04. The Bertz CT molecular complexity index is 297. The zero-order valence-electron chi connectivity index (χ0n) is 7.43. The van der Waals surface area contributed by atoms with Crippen LogP contribution in [-0.2, 0) is 11.8 Å². The second kappa shape index (κ2) is 3.94. The van der Waals surface area contributed by atoms with E-state index in [0.29, 0.717) is 5.82 Å². The first-order valence-electron chi connectivity index (χ1n) is 3.77. The molecule has 0 aromatic carbocycles. The van der Waals surface area contributed by atoms with Crippen LogP contribution in [0.4, 0.5) is 0 Å². The van der Waals surface area contributed by atoms with Gasteiger partial charge in [0.1, 0.15) is 6.61 Å². The molecule has 0 aliphatic rings. The second-order valence-corrected chi connectivity index (χ2v) is 2.61. The molecular weight excluding hydrogens is 174 g/mol. The molecule has 0 saturated heterocycles. The lowest BCUT2D eigenvalue weighted by Gasteiger charge is -2.10. The monoisotopic (exact) mass is 185 g/mol. The highest BCUT2D eigenvalue weighted by atomic mass is 16.3. The van der Waals surface area contributed by atoms with E-state index in [-0.39, 0.29) is 6.04 Å².